The number of nitro groups is 1. The van der Waals surface area contributed by atoms with Crippen LogP contribution in [0.1, 0.15) is 36.2 Å². The third-order valence-electron chi connectivity index (χ3n) is 4.25. The molecular weight excluding hydrogens is 346 g/mol. The van der Waals surface area contributed by atoms with Gasteiger partial charge in [0.15, 0.2) is 5.69 Å². The van der Waals surface area contributed by atoms with Crippen molar-refractivity contribution in [3.63, 3.8) is 0 Å². The third kappa shape index (κ3) is 4.55. The molecule has 0 unspecified atom stereocenters. The highest BCUT2D eigenvalue weighted by atomic mass is 35.5. The van der Waals surface area contributed by atoms with Crippen molar-refractivity contribution >= 4 is 24.0 Å². The van der Waals surface area contributed by atoms with E-state index in [4.69, 9.17) is 5.73 Å². The summed E-state index contributed by atoms with van der Waals surface area (Å²) in [5.41, 5.74) is 6.86. The first-order valence-electron chi connectivity index (χ1n) is 7.90. The number of halogens is 1. The molecule has 0 radical (unpaired) electrons. The van der Waals surface area contributed by atoms with Gasteiger partial charge in [0.05, 0.1) is 10.6 Å². The van der Waals surface area contributed by atoms with Gasteiger partial charge in [-0.2, -0.15) is 5.10 Å². The van der Waals surface area contributed by atoms with Crippen molar-refractivity contribution in [2.24, 2.45) is 5.73 Å². The van der Waals surface area contributed by atoms with Crippen molar-refractivity contribution < 1.29 is 9.72 Å². The molecule has 1 heterocycles. The van der Waals surface area contributed by atoms with E-state index in [1.807, 2.05) is 0 Å². The highest BCUT2D eigenvalue weighted by Crippen LogP contribution is 2.18. The predicted molar refractivity (Wildman–Crippen MR) is 95.2 cm³/mol. The molecule has 2 aromatic rings. The van der Waals surface area contributed by atoms with Gasteiger partial charge in [0.2, 0.25) is 0 Å². The molecule has 3 N–H and O–H groups in total. The molecule has 3 rings (SSSR count). The summed E-state index contributed by atoms with van der Waals surface area (Å²) in [6.07, 6.45) is 5.27. The van der Waals surface area contributed by atoms with E-state index in [1.165, 1.54) is 16.8 Å². The van der Waals surface area contributed by atoms with Crippen LogP contribution in [-0.4, -0.2) is 32.7 Å². The quantitative estimate of drug-likeness (QED) is 0.636. The van der Waals surface area contributed by atoms with E-state index in [0.717, 1.165) is 25.7 Å². The summed E-state index contributed by atoms with van der Waals surface area (Å²) in [5, 5.41) is 17.9. The molecule has 1 aromatic heterocycles. The second kappa shape index (κ2) is 8.09. The van der Waals surface area contributed by atoms with Crippen molar-refractivity contribution in [1.82, 2.24) is 15.1 Å². The maximum atomic E-state index is 12.3. The Bertz CT molecular complexity index is 738. The molecule has 0 atom stereocenters. The third-order valence-corrected chi connectivity index (χ3v) is 4.25. The summed E-state index contributed by atoms with van der Waals surface area (Å²) < 4.78 is 1.52. The lowest BCUT2D eigenvalue weighted by Gasteiger charge is -2.26. The number of hydrogen-bond donors (Lipinski definition) is 2. The number of rotatable bonds is 4. The maximum absolute atomic E-state index is 12.3. The van der Waals surface area contributed by atoms with Gasteiger partial charge in [-0.25, -0.2) is 4.68 Å². The number of nitrogens with zero attached hydrogens (tertiary/aromatic N) is 3. The summed E-state index contributed by atoms with van der Waals surface area (Å²) in [4.78, 5) is 22.5. The monoisotopic (exact) mass is 365 g/mol. The van der Waals surface area contributed by atoms with Crippen LogP contribution in [0.5, 0.6) is 0 Å². The van der Waals surface area contributed by atoms with E-state index < -0.39 is 4.92 Å². The van der Waals surface area contributed by atoms with Crippen molar-refractivity contribution in [2.75, 3.05) is 0 Å². The molecule has 0 aliphatic heterocycles. The fourth-order valence-electron chi connectivity index (χ4n) is 2.84. The van der Waals surface area contributed by atoms with Crippen molar-refractivity contribution in [3.05, 3.63) is 52.3 Å². The molecule has 0 bridgehead atoms. The van der Waals surface area contributed by atoms with Crippen LogP contribution in [0.4, 0.5) is 5.69 Å². The van der Waals surface area contributed by atoms with E-state index in [0.29, 0.717) is 11.4 Å². The molecule has 1 fully saturated rings. The van der Waals surface area contributed by atoms with Crippen LogP contribution in [0.25, 0.3) is 5.69 Å². The van der Waals surface area contributed by atoms with Crippen LogP contribution >= 0.6 is 12.4 Å². The van der Waals surface area contributed by atoms with Crippen LogP contribution in [0, 0.1) is 10.1 Å². The van der Waals surface area contributed by atoms with Crippen LogP contribution in [-0.2, 0) is 0 Å². The minimum absolute atomic E-state index is 0. The molecule has 1 aromatic carbocycles. The molecule has 1 saturated carbocycles. The van der Waals surface area contributed by atoms with Gasteiger partial charge in [-0.3, -0.25) is 14.9 Å². The second-order valence-electron chi connectivity index (χ2n) is 6.00. The molecule has 1 aliphatic carbocycles. The molecule has 134 valence electrons. The van der Waals surface area contributed by atoms with E-state index in [-0.39, 0.29) is 36.1 Å². The Morgan fingerprint density at radius 3 is 2.44 bits per heavy atom. The van der Waals surface area contributed by atoms with Gasteiger partial charge in [0, 0.05) is 30.4 Å². The molecule has 9 heteroatoms. The summed E-state index contributed by atoms with van der Waals surface area (Å²) >= 11 is 0. The van der Waals surface area contributed by atoms with E-state index in [2.05, 4.69) is 10.4 Å². The number of nitrogens with two attached hydrogens (primary N) is 1. The minimum atomic E-state index is -0.457. The number of amides is 1. The lowest BCUT2D eigenvalue weighted by atomic mass is 9.92. The van der Waals surface area contributed by atoms with E-state index in [1.54, 1.807) is 24.4 Å². The fourth-order valence-corrected chi connectivity index (χ4v) is 2.84. The van der Waals surface area contributed by atoms with Gasteiger partial charge in [-0.1, -0.05) is 0 Å². The Balaban J connectivity index is 0.00000225. The Labute approximate surface area is 151 Å². The number of nitrogens with one attached hydrogen (secondary N) is 1. The molecule has 1 aliphatic rings. The lowest BCUT2D eigenvalue weighted by molar-refractivity contribution is -0.384. The van der Waals surface area contributed by atoms with Crippen LogP contribution in [0.2, 0.25) is 0 Å². The zero-order valence-corrected chi connectivity index (χ0v) is 14.3. The summed E-state index contributed by atoms with van der Waals surface area (Å²) in [6, 6.07) is 8.00. The fraction of sp³-hybridized carbons (Fsp3) is 0.375. The SMILES string of the molecule is Cl.NC1CCC(NC(=O)c2ccn(-c3ccc([N+](=O)[O-])cc3)n2)CC1. The van der Waals surface area contributed by atoms with Gasteiger partial charge in [-0.05, 0) is 43.9 Å². The minimum Gasteiger partial charge on any atom is -0.348 e. The van der Waals surface area contributed by atoms with Crippen molar-refractivity contribution in [2.45, 2.75) is 37.8 Å². The average molecular weight is 366 g/mol. The zero-order chi connectivity index (χ0) is 17.1. The first-order chi connectivity index (χ1) is 11.5. The number of carbonyl (C=O) groups excluding carboxylic acids is 1. The molecule has 8 nitrogen and oxygen atoms in total. The number of hydrogen-bond acceptors (Lipinski definition) is 5. The summed E-state index contributed by atoms with van der Waals surface area (Å²) in [5.74, 6) is -0.212. The van der Waals surface area contributed by atoms with Crippen molar-refractivity contribution in [3.8, 4) is 5.69 Å². The van der Waals surface area contributed by atoms with Crippen LogP contribution in [0.15, 0.2) is 36.5 Å². The van der Waals surface area contributed by atoms with Gasteiger partial charge in [-0.15, -0.1) is 12.4 Å². The average Bonchev–Trinajstić information content (AvgIpc) is 3.07. The van der Waals surface area contributed by atoms with Crippen LogP contribution in [0.3, 0.4) is 0 Å². The predicted octanol–water partition coefficient (Wildman–Crippen LogP) is 2.20. The van der Waals surface area contributed by atoms with E-state index in [9.17, 15) is 14.9 Å². The topological polar surface area (TPSA) is 116 Å². The standard InChI is InChI=1S/C16H19N5O3.ClH/c17-11-1-3-12(4-2-11)18-16(22)15-9-10-20(19-15)13-5-7-14(8-6-13)21(23)24;/h5-12H,1-4,17H2,(H,18,22);1H. The number of nitro benzene ring substituents is 1. The molecule has 0 spiro atoms. The lowest BCUT2D eigenvalue weighted by Crippen LogP contribution is -2.40. The van der Waals surface area contributed by atoms with Crippen LogP contribution < -0.4 is 11.1 Å². The number of benzene rings is 1. The first-order valence-corrected chi connectivity index (χ1v) is 7.90. The highest BCUT2D eigenvalue weighted by molar-refractivity contribution is 5.92. The smallest absolute Gasteiger partial charge is 0.272 e. The zero-order valence-electron chi connectivity index (χ0n) is 13.5. The molecule has 0 saturated heterocycles. The first kappa shape index (κ1) is 18.9. The summed E-state index contributed by atoms with van der Waals surface area (Å²) in [7, 11) is 0. The van der Waals surface area contributed by atoms with Crippen molar-refractivity contribution in [1.29, 1.82) is 0 Å². The maximum Gasteiger partial charge on any atom is 0.272 e. The number of aromatic nitrogens is 2. The Morgan fingerprint density at radius 2 is 1.84 bits per heavy atom. The summed E-state index contributed by atoms with van der Waals surface area (Å²) in [6.45, 7) is 0. The largest absolute Gasteiger partial charge is 0.348 e. The number of non-ortho nitro benzene ring substituents is 1. The molecule has 1 amide bonds. The Kier molecular flexibility index (Phi) is 6.11. The second-order valence-corrected chi connectivity index (χ2v) is 6.00. The Morgan fingerprint density at radius 1 is 1.20 bits per heavy atom. The van der Waals surface area contributed by atoms with Gasteiger partial charge in [0.1, 0.15) is 0 Å². The normalized spacial score (nSPS) is 19.7. The Hall–Kier alpha value is -2.45. The highest BCUT2D eigenvalue weighted by Gasteiger charge is 2.21. The number of carbonyl (C=O) groups is 1. The van der Waals surface area contributed by atoms with Gasteiger partial charge >= 0.3 is 0 Å². The molecular formula is C16H20ClN5O3. The van der Waals surface area contributed by atoms with Gasteiger partial charge < -0.3 is 11.1 Å². The van der Waals surface area contributed by atoms with Gasteiger partial charge in [0.25, 0.3) is 11.6 Å². The molecule has 25 heavy (non-hydrogen) atoms. The van der Waals surface area contributed by atoms with E-state index >= 15 is 0 Å².